The van der Waals surface area contributed by atoms with Crippen molar-refractivity contribution in [1.82, 2.24) is 0 Å². The molecule has 2 atom stereocenters. The first-order valence-electron chi connectivity index (χ1n) is 8.47. The van der Waals surface area contributed by atoms with Crippen molar-refractivity contribution in [2.45, 2.75) is 52.4 Å². The number of aliphatic hydroxyl groups is 1. The summed E-state index contributed by atoms with van der Waals surface area (Å²) in [5, 5.41) is 9.26. The van der Waals surface area contributed by atoms with E-state index in [2.05, 4.69) is 13.8 Å². The highest BCUT2D eigenvalue weighted by molar-refractivity contribution is 5.86. The van der Waals surface area contributed by atoms with E-state index in [-0.39, 0.29) is 17.2 Å². The van der Waals surface area contributed by atoms with Crippen LogP contribution in [0.1, 0.15) is 52.5 Å². The number of methoxy groups -OCH3 is 1. The molecule has 0 spiro atoms. The van der Waals surface area contributed by atoms with E-state index in [1.54, 1.807) is 0 Å². The second kappa shape index (κ2) is 8.43. The van der Waals surface area contributed by atoms with Gasteiger partial charge in [-0.15, -0.1) is 0 Å². The summed E-state index contributed by atoms with van der Waals surface area (Å²) in [6, 6.07) is 10.0. The smallest absolute Gasteiger partial charge is 0.308 e. The quantitative estimate of drug-likeness (QED) is 0.702. The van der Waals surface area contributed by atoms with Crippen molar-refractivity contribution in [2.24, 2.45) is 11.3 Å². The van der Waals surface area contributed by atoms with Crippen LogP contribution in [0.4, 0.5) is 0 Å². The van der Waals surface area contributed by atoms with Gasteiger partial charge in [-0.05, 0) is 30.2 Å². The minimum atomic E-state index is -0.722. The predicted molar refractivity (Wildman–Crippen MR) is 94.7 cm³/mol. The fourth-order valence-electron chi connectivity index (χ4n) is 3.22. The molecule has 0 radical (unpaired) electrons. The summed E-state index contributed by atoms with van der Waals surface area (Å²) in [5.41, 5.74) is 0.197. The molecule has 0 aliphatic rings. The molecule has 1 rings (SSSR count). The molecule has 24 heavy (non-hydrogen) atoms. The fourth-order valence-corrected chi connectivity index (χ4v) is 3.22. The van der Waals surface area contributed by atoms with Crippen LogP contribution < -0.4 is 0 Å². The maximum absolute atomic E-state index is 12.3. The molecule has 1 aromatic rings. The average molecular weight is 334 g/mol. The van der Waals surface area contributed by atoms with E-state index in [0.29, 0.717) is 19.3 Å². The zero-order valence-corrected chi connectivity index (χ0v) is 15.5. The zero-order chi connectivity index (χ0) is 18.4. The molecule has 4 nitrogen and oxygen atoms in total. The van der Waals surface area contributed by atoms with Gasteiger partial charge in [0.05, 0.1) is 13.0 Å². The second-order valence-corrected chi connectivity index (χ2v) is 7.37. The monoisotopic (exact) mass is 334 g/mol. The van der Waals surface area contributed by atoms with Gasteiger partial charge in [0.25, 0.3) is 0 Å². The summed E-state index contributed by atoms with van der Waals surface area (Å²) in [6.45, 7) is 7.41. The van der Waals surface area contributed by atoms with Crippen LogP contribution in [-0.4, -0.2) is 30.6 Å². The van der Waals surface area contributed by atoms with Gasteiger partial charge in [0.2, 0.25) is 0 Å². The Kier molecular flexibility index (Phi) is 7.15. The molecule has 0 aromatic heterocycles. The molecule has 2 unspecified atom stereocenters. The van der Waals surface area contributed by atoms with E-state index in [1.807, 2.05) is 44.2 Å². The predicted octanol–water partition coefficient (Wildman–Crippen LogP) is 3.51. The first kappa shape index (κ1) is 20.4. The Morgan fingerprint density at radius 3 is 2.17 bits per heavy atom. The Hall–Kier alpha value is -1.68. The number of carbonyl (C=O) groups is 2. The van der Waals surface area contributed by atoms with E-state index in [9.17, 15) is 14.7 Å². The van der Waals surface area contributed by atoms with Gasteiger partial charge in [-0.1, -0.05) is 58.0 Å². The number of esters is 1. The third-order valence-electron chi connectivity index (χ3n) is 5.14. The lowest BCUT2D eigenvalue weighted by molar-refractivity contribution is -0.148. The molecule has 0 aliphatic carbocycles. The maximum atomic E-state index is 12.3. The van der Waals surface area contributed by atoms with Crippen LogP contribution in [0, 0.1) is 11.3 Å². The van der Waals surface area contributed by atoms with Crippen LogP contribution in [0.3, 0.4) is 0 Å². The number of ketones is 1. The molecule has 134 valence electrons. The summed E-state index contributed by atoms with van der Waals surface area (Å²) in [4.78, 5) is 24.5. The van der Waals surface area contributed by atoms with Gasteiger partial charge in [-0.2, -0.15) is 0 Å². The molecule has 0 amide bonds. The summed E-state index contributed by atoms with van der Waals surface area (Å²) in [6.07, 6.45) is 1.54. The Morgan fingerprint density at radius 2 is 1.71 bits per heavy atom. The standard InChI is InChI=1S/C20H30O4/c1-6-20(4,17(22)14-21)13-15(18(23)24-5)12-19(2,3)16-10-8-7-9-11-16/h7-11,15,21H,6,12-14H2,1-5H3. The Labute approximate surface area is 145 Å². The van der Waals surface area contributed by atoms with Gasteiger partial charge in [0, 0.05) is 5.41 Å². The van der Waals surface area contributed by atoms with Crippen LogP contribution >= 0.6 is 0 Å². The Balaban J connectivity index is 3.06. The summed E-state index contributed by atoms with van der Waals surface area (Å²) in [5.74, 6) is -0.925. The van der Waals surface area contributed by atoms with Crippen LogP contribution in [0.2, 0.25) is 0 Å². The Morgan fingerprint density at radius 1 is 1.12 bits per heavy atom. The fraction of sp³-hybridized carbons (Fsp3) is 0.600. The van der Waals surface area contributed by atoms with E-state index >= 15 is 0 Å². The lowest BCUT2D eigenvalue weighted by Gasteiger charge is -2.34. The first-order valence-corrected chi connectivity index (χ1v) is 8.47. The highest BCUT2D eigenvalue weighted by atomic mass is 16.5. The Bertz CT molecular complexity index is 550. The second-order valence-electron chi connectivity index (χ2n) is 7.37. The van der Waals surface area contributed by atoms with Gasteiger partial charge in [0.1, 0.15) is 6.61 Å². The SMILES string of the molecule is CCC(C)(CC(CC(C)(C)c1ccccc1)C(=O)OC)C(=O)CO. The number of carbonyl (C=O) groups excluding carboxylic acids is 2. The minimum absolute atomic E-state index is 0.225. The molecule has 0 saturated heterocycles. The molecule has 1 N–H and O–H groups in total. The largest absolute Gasteiger partial charge is 0.469 e. The summed E-state index contributed by atoms with van der Waals surface area (Å²) in [7, 11) is 1.38. The average Bonchev–Trinajstić information content (AvgIpc) is 2.60. The van der Waals surface area contributed by atoms with Gasteiger partial charge in [-0.25, -0.2) is 0 Å². The number of rotatable bonds is 9. The van der Waals surface area contributed by atoms with E-state index < -0.39 is 17.9 Å². The number of aliphatic hydroxyl groups excluding tert-OH is 1. The number of Topliss-reactive ketones (excluding diaryl/α,β-unsaturated/α-hetero) is 1. The van der Waals surface area contributed by atoms with Crippen molar-refractivity contribution in [3.05, 3.63) is 35.9 Å². The lowest BCUT2D eigenvalue weighted by Crippen LogP contribution is -2.36. The van der Waals surface area contributed by atoms with Crippen LogP contribution in [0.5, 0.6) is 0 Å². The highest BCUT2D eigenvalue weighted by Gasteiger charge is 2.39. The number of ether oxygens (including phenoxy) is 1. The lowest BCUT2D eigenvalue weighted by atomic mass is 9.70. The minimum Gasteiger partial charge on any atom is -0.469 e. The molecule has 0 aliphatic heterocycles. The zero-order valence-electron chi connectivity index (χ0n) is 15.5. The number of benzene rings is 1. The molecule has 0 saturated carbocycles. The third kappa shape index (κ3) is 4.91. The van der Waals surface area contributed by atoms with Crippen molar-refractivity contribution in [3.8, 4) is 0 Å². The van der Waals surface area contributed by atoms with Crippen molar-refractivity contribution in [3.63, 3.8) is 0 Å². The van der Waals surface area contributed by atoms with Crippen molar-refractivity contribution in [2.75, 3.05) is 13.7 Å². The maximum Gasteiger partial charge on any atom is 0.308 e. The van der Waals surface area contributed by atoms with Gasteiger partial charge in [-0.3, -0.25) is 9.59 Å². The third-order valence-corrected chi connectivity index (χ3v) is 5.14. The van der Waals surface area contributed by atoms with E-state index in [4.69, 9.17) is 4.74 Å². The molecule has 4 heteroatoms. The number of hydrogen-bond donors (Lipinski definition) is 1. The normalized spacial score (nSPS) is 15.4. The number of hydrogen-bond acceptors (Lipinski definition) is 4. The molecule has 1 aromatic carbocycles. The van der Waals surface area contributed by atoms with Crippen molar-refractivity contribution >= 4 is 11.8 Å². The summed E-state index contributed by atoms with van der Waals surface area (Å²) < 4.78 is 4.99. The van der Waals surface area contributed by atoms with E-state index in [1.165, 1.54) is 7.11 Å². The van der Waals surface area contributed by atoms with Crippen molar-refractivity contribution in [1.29, 1.82) is 0 Å². The van der Waals surface area contributed by atoms with Crippen LogP contribution in [0.25, 0.3) is 0 Å². The van der Waals surface area contributed by atoms with Crippen LogP contribution in [0.15, 0.2) is 30.3 Å². The van der Waals surface area contributed by atoms with Crippen molar-refractivity contribution < 1.29 is 19.4 Å². The first-order chi connectivity index (χ1) is 11.2. The van der Waals surface area contributed by atoms with Crippen LogP contribution in [-0.2, 0) is 19.7 Å². The molecule has 0 heterocycles. The molecule has 0 bridgehead atoms. The molecular formula is C20H30O4. The summed E-state index contributed by atoms with van der Waals surface area (Å²) >= 11 is 0. The topological polar surface area (TPSA) is 63.6 Å². The van der Waals surface area contributed by atoms with Gasteiger partial charge < -0.3 is 9.84 Å². The molecule has 0 fully saturated rings. The highest BCUT2D eigenvalue weighted by Crippen LogP contribution is 2.38. The van der Waals surface area contributed by atoms with E-state index in [0.717, 1.165) is 5.56 Å². The molecular weight excluding hydrogens is 304 g/mol. The van der Waals surface area contributed by atoms with Gasteiger partial charge in [0.15, 0.2) is 5.78 Å². The van der Waals surface area contributed by atoms with Gasteiger partial charge >= 0.3 is 5.97 Å².